The smallest absolute Gasteiger partial charge is 0.326 e. The minimum absolute atomic E-state index is 0.199. The summed E-state index contributed by atoms with van der Waals surface area (Å²) in [6.07, 6.45) is -0.199. The molecule has 158 valence electrons. The van der Waals surface area contributed by atoms with Gasteiger partial charge in [-0.1, -0.05) is 18.2 Å². The van der Waals surface area contributed by atoms with Crippen LogP contribution in [0, 0.1) is 12.7 Å². The van der Waals surface area contributed by atoms with Crippen molar-refractivity contribution in [2.45, 2.75) is 25.9 Å². The lowest BCUT2D eigenvalue weighted by Gasteiger charge is -2.21. The van der Waals surface area contributed by atoms with Crippen molar-refractivity contribution in [3.63, 3.8) is 0 Å². The highest BCUT2D eigenvalue weighted by molar-refractivity contribution is 7.09. The maximum atomic E-state index is 13.2. The molecule has 0 aliphatic carbocycles. The number of carbonyl (C=O) groups excluding carboxylic acids is 3. The van der Waals surface area contributed by atoms with Crippen LogP contribution in [0.3, 0.4) is 0 Å². The van der Waals surface area contributed by atoms with Gasteiger partial charge in [-0.05, 0) is 60.3 Å². The molecule has 1 atom stereocenters. The quantitative estimate of drug-likeness (QED) is 0.575. The summed E-state index contributed by atoms with van der Waals surface area (Å²) in [6, 6.07) is 14.9. The van der Waals surface area contributed by atoms with Gasteiger partial charge < -0.3 is 10.2 Å². The van der Waals surface area contributed by atoms with Crippen LogP contribution in [0.2, 0.25) is 0 Å². The molecule has 1 aliphatic heterocycles. The molecule has 4 amide bonds. The highest BCUT2D eigenvalue weighted by atomic mass is 32.1. The van der Waals surface area contributed by atoms with Crippen LogP contribution >= 0.6 is 11.3 Å². The molecule has 1 aromatic heterocycles. The van der Waals surface area contributed by atoms with Crippen LogP contribution in [0.15, 0.2) is 66.0 Å². The van der Waals surface area contributed by atoms with E-state index in [1.54, 1.807) is 18.2 Å². The molecule has 1 saturated heterocycles. The van der Waals surface area contributed by atoms with E-state index in [4.69, 9.17) is 0 Å². The summed E-state index contributed by atoms with van der Waals surface area (Å²) in [6.45, 7) is 2.12. The zero-order valence-electron chi connectivity index (χ0n) is 16.7. The SMILES string of the molecule is Cc1cccc(N2C(=O)C(CC(=O)Nc3ccc(F)cc3)N(Cc3cccs3)C2=O)c1. The minimum Gasteiger partial charge on any atom is -0.326 e. The maximum absolute atomic E-state index is 13.2. The molecule has 2 heterocycles. The summed E-state index contributed by atoms with van der Waals surface area (Å²) >= 11 is 1.48. The van der Waals surface area contributed by atoms with Gasteiger partial charge in [0.05, 0.1) is 18.7 Å². The van der Waals surface area contributed by atoms with Crippen molar-refractivity contribution in [1.82, 2.24) is 4.90 Å². The Hall–Kier alpha value is -3.52. The van der Waals surface area contributed by atoms with Crippen molar-refractivity contribution < 1.29 is 18.8 Å². The minimum atomic E-state index is -0.935. The van der Waals surface area contributed by atoms with E-state index in [0.29, 0.717) is 11.4 Å². The van der Waals surface area contributed by atoms with E-state index in [-0.39, 0.29) is 13.0 Å². The molecule has 4 rings (SSSR count). The summed E-state index contributed by atoms with van der Waals surface area (Å²) in [5.41, 5.74) is 1.82. The van der Waals surface area contributed by atoms with Crippen LogP contribution in [-0.2, 0) is 16.1 Å². The van der Waals surface area contributed by atoms with Crippen LogP contribution in [0.1, 0.15) is 16.9 Å². The number of anilines is 2. The Balaban J connectivity index is 1.59. The van der Waals surface area contributed by atoms with E-state index in [9.17, 15) is 18.8 Å². The van der Waals surface area contributed by atoms with Crippen LogP contribution in [0.25, 0.3) is 0 Å². The molecule has 8 heteroatoms. The van der Waals surface area contributed by atoms with Crippen LogP contribution < -0.4 is 10.2 Å². The second kappa shape index (κ2) is 8.69. The molecule has 2 aromatic carbocycles. The van der Waals surface area contributed by atoms with Gasteiger partial charge in [0.1, 0.15) is 11.9 Å². The number of hydrogen-bond acceptors (Lipinski definition) is 4. The molecule has 1 unspecified atom stereocenters. The van der Waals surface area contributed by atoms with Gasteiger partial charge in [0.2, 0.25) is 5.91 Å². The summed E-state index contributed by atoms with van der Waals surface area (Å²) in [5.74, 6) is -1.29. The second-order valence-electron chi connectivity index (χ2n) is 7.28. The van der Waals surface area contributed by atoms with E-state index in [0.717, 1.165) is 15.3 Å². The molecule has 0 spiro atoms. The predicted octanol–water partition coefficient (Wildman–Crippen LogP) is 4.56. The molecule has 0 radical (unpaired) electrons. The van der Waals surface area contributed by atoms with Gasteiger partial charge in [-0.25, -0.2) is 14.1 Å². The number of rotatable bonds is 6. The summed E-state index contributed by atoms with van der Waals surface area (Å²) in [5, 5.41) is 4.56. The summed E-state index contributed by atoms with van der Waals surface area (Å²) in [7, 11) is 0. The van der Waals surface area contributed by atoms with Crippen molar-refractivity contribution in [3.05, 3.63) is 82.3 Å². The number of amides is 4. The first-order chi connectivity index (χ1) is 14.9. The third-order valence-corrected chi connectivity index (χ3v) is 5.85. The lowest BCUT2D eigenvalue weighted by atomic mass is 10.1. The Bertz CT molecular complexity index is 1120. The van der Waals surface area contributed by atoms with Crippen LogP contribution in [-0.4, -0.2) is 28.8 Å². The van der Waals surface area contributed by atoms with Gasteiger partial charge in [-0.15, -0.1) is 11.3 Å². The van der Waals surface area contributed by atoms with Crippen molar-refractivity contribution in [2.75, 3.05) is 10.2 Å². The Kier molecular flexibility index (Phi) is 5.81. The third kappa shape index (κ3) is 4.49. The average Bonchev–Trinajstić information content (AvgIpc) is 3.32. The van der Waals surface area contributed by atoms with E-state index in [1.807, 2.05) is 30.5 Å². The van der Waals surface area contributed by atoms with Crippen LogP contribution in [0.4, 0.5) is 20.6 Å². The molecule has 1 aliphatic rings. The number of nitrogens with zero attached hydrogens (tertiary/aromatic N) is 2. The monoisotopic (exact) mass is 437 g/mol. The molecular formula is C23H20FN3O3S. The van der Waals surface area contributed by atoms with E-state index >= 15 is 0 Å². The fourth-order valence-electron chi connectivity index (χ4n) is 3.51. The van der Waals surface area contributed by atoms with Gasteiger partial charge in [-0.2, -0.15) is 0 Å². The van der Waals surface area contributed by atoms with Crippen molar-refractivity contribution in [2.24, 2.45) is 0 Å². The highest BCUT2D eigenvalue weighted by Gasteiger charge is 2.46. The fourth-order valence-corrected chi connectivity index (χ4v) is 4.21. The number of imide groups is 1. The summed E-state index contributed by atoms with van der Waals surface area (Å²) in [4.78, 5) is 42.6. The number of benzene rings is 2. The molecule has 1 fully saturated rings. The lowest BCUT2D eigenvalue weighted by molar-refractivity contribution is -0.124. The first-order valence-corrected chi connectivity index (χ1v) is 10.6. The van der Waals surface area contributed by atoms with Crippen molar-refractivity contribution >= 4 is 40.6 Å². The number of carbonyl (C=O) groups is 3. The number of urea groups is 1. The number of aryl methyl sites for hydroxylation is 1. The molecule has 1 N–H and O–H groups in total. The van der Waals surface area contributed by atoms with Gasteiger partial charge in [0, 0.05) is 10.6 Å². The van der Waals surface area contributed by atoms with Crippen molar-refractivity contribution in [3.8, 4) is 0 Å². The Morgan fingerprint density at radius 3 is 2.55 bits per heavy atom. The van der Waals surface area contributed by atoms with E-state index < -0.39 is 29.7 Å². The predicted molar refractivity (Wildman–Crippen MR) is 117 cm³/mol. The second-order valence-corrected chi connectivity index (χ2v) is 8.31. The normalized spacial score (nSPS) is 16.1. The zero-order valence-corrected chi connectivity index (χ0v) is 17.6. The zero-order chi connectivity index (χ0) is 22.0. The van der Waals surface area contributed by atoms with E-state index in [1.165, 1.54) is 40.5 Å². The largest absolute Gasteiger partial charge is 0.332 e. The Morgan fingerprint density at radius 1 is 1.10 bits per heavy atom. The standard InChI is InChI=1S/C23H20FN3O3S/c1-15-4-2-5-18(12-15)27-22(29)20(26(23(27)30)14-19-6-3-11-31-19)13-21(28)25-17-9-7-16(24)8-10-17/h2-12,20H,13-14H2,1H3,(H,25,28). The lowest BCUT2D eigenvalue weighted by Crippen LogP contribution is -2.37. The molecular weight excluding hydrogens is 417 g/mol. The molecule has 0 saturated carbocycles. The number of nitrogens with one attached hydrogen (secondary N) is 1. The van der Waals surface area contributed by atoms with Crippen molar-refractivity contribution in [1.29, 1.82) is 0 Å². The molecule has 31 heavy (non-hydrogen) atoms. The first kappa shape index (κ1) is 20.7. The molecule has 3 aromatic rings. The number of hydrogen-bond donors (Lipinski definition) is 1. The first-order valence-electron chi connectivity index (χ1n) is 9.71. The fraction of sp³-hybridized carbons (Fsp3) is 0.174. The molecule has 0 bridgehead atoms. The maximum Gasteiger partial charge on any atom is 0.332 e. The highest BCUT2D eigenvalue weighted by Crippen LogP contribution is 2.29. The Morgan fingerprint density at radius 2 is 1.87 bits per heavy atom. The third-order valence-electron chi connectivity index (χ3n) is 4.99. The average molecular weight is 437 g/mol. The number of halogens is 1. The topological polar surface area (TPSA) is 69.7 Å². The van der Waals surface area contributed by atoms with E-state index in [2.05, 4.69) is 5.32 Å². The van der Waals surface area contributed by atoms with Gasteiger partial charge >= 0.3 is 6.03 Å². The number of thiophene rings is 1. The van der Waals surface area contributed by atoms with Gasteiger partial charge in [0.15, 0.2) is 0 Å². The van der Waals surface area contributed by atoms with Crippen LogP contribution in [0.5, 0.6) is 0 Å². The Labute approximate surface area is 182 Å². The summed E-state index contributed by atoms with van der Waals surface area (Å²) < 4.78 is 13.1. The van der Waals surface area contributed by atoms with Gasteiger partial charge in [-0.3, -0.25) is 9.59 Å². The molecule has 6 nitrogen and oxygen atoms in total. The van der Waals surface area contributed by atoms with Gasteiger partial charge in [0.25, 0.3) is 5.91 Å².